The van der Waals surface area contributed by atoms with Crippen LogP contribution in [0, 0.1) is 11.7 Å². The molecule has 3 N–H and O–H groups in total. The van der Waals surface area contributed by atoms with Crippen LogP contribution < -0.4 is 16.2 Å². The van der Waals surface area contributed by atoms with Gasteiger partial charge in [-0.1, -0.05) is 6.42 Å². The van der Waals surface area contributed by atoms with Gasteiger partial charge < -0.3 is 10.2 Å². The third-order valence-corrected chi connectivity index (χ3v) is 5.74. The molecular formula is C18H23FN4O2. The van der Waals surface area contributed by atoms with E-state index in [-0.39, 0.29) is 24.3 Å². The molecule has 0 bridgehead atoms. The van der Waals surface area contributed by atoms with Crippen LogP contribution in [0.1, 0.15) is 37.2 Å². The van der Waals surface area contributed by atoms with Crippen molar-refractivity contribution in [2.75, 3.05) is 18.9 Å². The van der Waals surface area contributed by atoms with E-state index >= 15 is 0 Å². The van der Waals surface area contributed by atoms with Crippen LogP contribution in [-0.4, -0.2) is 42.4 Å². The van der Waals surface area contributed by atoms with E-state index in [1.807, 2.05) is 0 Å². The molecule has 1 aromatic rings. The Morgan fingerprint density at radius 2 is 2.16 bits per heavy atom. The minimum Gasteiger partial charge on any atom is -0.344 e. The Bertz CT molecular complexity index is 710. The molecule has 134 valence electrons. The zero-order valence-electron chi connectivity index (χ0n) is 14.2. The van der Waals surface area contributed by atoms with Gasteiger partial charge in [0.05, 0.1) is 5.92 Å². The fraction of sp³-hybridized carbons (Fsp3) is 0.556. The zero-order valence-corrected chi connectivity index (χ0v) is 14.2. The van der Waals surface area contributed by atoms with E-state index in [2.05, 4.69) is 16.2 Å². The molecule has 2 fully saturated rings. The second kappa shape index (κ2) is 6.38. The second-order valence-electron chi connectivity index (χ2n) is 7.35. The van der Waals surface area contributed by atoms with Gasteiger partial charge in [0.15, 0.2) is 0 Å². The lowest BCUT2D eigenvalue weighted by Gasteiger charge is -2.30. The van der Waals surface area contributed by atoms with E-state index < -0.39 is 11.7 Å². The average molecular weight is 346 g/mol. The van der Waals surface area contributed by atoms with Gasteiger partial charge >= 0.3 is 0 Å². The van der Waals surface area contributed by atoms with Crippen molar-refractivity contribution in [1.82, 2.24) is 15.8 Å². The Kier molecular flexibility index (Phi) is 4.21. The average Bonchev–Trinajstić information content (AvgIpc) is 3.19. The van der Waals surface area contributed by atoms with Crippen LogP contribution in [0.25, 0.3) is 0 Å². The molecule has 2 aliphatic heterocycles. The Labute approximate surface area is 146 Å². The number of fused-ring (bicyclic) bond motifs is 2. The van der Waals surface area contributed by atoms with Crippen LogP contribution in [0.4, 0.5) is 10.1 Å². The van der Waals surface area contributed by atoms with Crippen LogP contribution >= 0.6 is 0 Å². The summed E-state index contributed by atoms with van der Waals surface area (Å²) < 4.78 is 13.6. The summed E-state index contributed by atoms with van der Waals surface area (Å²) in [5, 5.41) is 2.72. The lowest BCUT2D eigenvalue weighted by molar-refractivity contribution is -0.134. The van der Waals surface area contributed by atoms with Gasteiger partial charge in [0, 0.05) is 37.8 Å². The summed E-state index contributed by atoms with van der Waals surface area (Å²) >= 11 is 0. The number of benzene rings is 1. The summed E-state index contributed by atoms with van der Waals surface area (Å²) in [6.45, 7) is 0.579. The molecular weight excluding hydrogens is 323 g/mol. The van der Waals surface area contributed by atoms with Crippen LogP contribution in [0.3, 0.4) is 0 Å². The number of carbonyl (C=O) groups is 2. The lowest BCUT2D eigenvalue weighted by atomic mass is 9.89. The maximum atomic E-state index is 13.6. The molecule has 7 heteroatoms. The second-order valence-corrected chi connectivity index (χ2v) is 7.35. The van der Waals surface area contributed by atoms with E-state index in [1.54, 1.807) is 11.9 Å². The highest BCUT2D eigenvalue weighted by Crippen LogP contribution is 2.35. The predicted molar refractivity (Wildman–Crippen MR) is 91.2 cm³/mol. The molecule has 0 aromatic heterocycles. The van der Waals surface area contributed by atoms with E-state index in [4.69, 9.17) is 0 Å². The highest BCUT2D eigenvalue weighted by Gasteiger charge is 2.40. The van der Waals surface area contributed by atoms with Crippen molar-refractivity contribution in [3.63, 3.8) is 0 Å². The smallest absolute Gasteiger partial charge is 0.230 e. The van der Waals surface area contributed by atoms with Crippen molar-refractivity contribution in [1.29, 1.82) is 0 Å². The fourth-order valence-corrected chi connectivity index (χ4v) is 4.46. The highest BCUT2D eigenvalue weighted by molar-refractivity contribution is 6.01. The number of hydrazine groups is 1. The third-order valence-electron chi connectivity index (χ3n) is 5.74. The topological polar surface area (TPSA) is 73.5 Å². The number of halogens is 1. The molecule has 0 radical (unpaired) electrons. The molecule has 1 aromatic carbocycles. The Morgan fingerprint density at radius 3 is 3.00 bits per heavy atom. The normalized spacial score (nSPS) is 30.6. The number of rotatable bonds is 3. The summed E-state index contributed by atoms with van der Waals surface area (Å²) in [5.74, 6) is -0.828. The van der Waals surface area contributed by atoms with Crippen LogP contribution in [0.15, 0.2) is 18.2 Å². The fourth-order valence-electron chi connectivity index (χ4n) is 4.46. The van der Waals surface area contributed by atoms with Crippen molar-refractivity contribution in [3.8, 4) is 0 Å². The monoisotopic (exact) mass is 346 g/mol. The first-order chi connectivity index (χ1) is 12.0. The number of nitrogens with zero attached hydrogens (tertiary/aromatic N) is 1. The summed E-state index contributed by atoms with van der Waals surface area (Å²) in [7, 11) is 1.76. The van der Waals surface area contributed by atoms with Crippen molar-refractivity contribution in [3.05, 3.63) is 29.6 Å². The highest BCUT2D eigenvalue weighted by atomic mass is 19.1. The summed E-state index contributed by atoms with van der Waals surface area (Å²) in [6, 6.07) is 4.88. The maximum absolute atomic E-state index is 13.6. The van der Waals surface area contributed by atoms with Crippen molar-refractivity contribution < 1.29 is 14.0 Å². The number of likely N-dealkylation sites (N-methyl/N-ethyl adjacent to an activating group) is 1. The molecule has 4 unspecified atom stereocenters. The zero-order chi connectivity index (χ0) is 17.6. The molecule has 6 nitrogen and oxygen atoms in total. The molecule has 25 heavy (non-hydrogen) atoms. The molecule has 2 amide bonds. The predicted octanol–water partition coefficient (Wildman–Crippen LogP) is 1.35. The number of anilines is 1. The van der Waals surface area contributed by atoms with Gasteiger partial charge in [-0.15, -0.1) is 0 Å². The van der Waals surface area contributed by atoms with E-state index in [9.17, 15) is 14.0 Å². The van der Waals surface area contributed by atoms with Crippen molar-refractivity contribution in [2.24, 2.45) is 5.92 Å². The Hall–Kier alpha value is -1.99. The van der Waals surface area contributed by atoms with Gasteiger partial charge in [0.2, 0.25) is 11.8 Å². The van der Waals surface area contributed by atoms with Gasteiger partial charge in [-0.2, -0.15) is 0 Å². The quantitative estimate of drug-likeness (QED) is 0.773. The first kappa shape index (κ1) is 16.5. The SMILES string of the molecule is CN(CC1NNC2CCCC21)C(=O)C1CC(=O)Nc2ccc(F)cc21. The van der Waals surface area contributed by atoms with Crippen LogP contribution in [0.2, 0.25) is 0 Å². The lowest BCUT2D eigenvalue weighted by Crippen LogP contribution is -2.45. The molecule has 0 spiro atoms. The first-order valence-corrected chi connectivity index (χ1v) is 8.88. The minimum atomic E-state index is -0.627. The molecule has 1 saturated heterocycles. The number of hydrogen-bond donors (Lipinski definition) is 3. The molecule has 3 aliphatic rings. The largest absolute Gasteiger partial charge is 0.344 e. The van der Waals surface area contributed by atoms with Gasteiger partial charge in [0.1, 0.15) is 5.82 Å². The van der Waals surface area contributed by atoms with Crippen molar-refractivity contribution in [2.45, 2.75) is 43.7 Å². The maximum Gasteiger partial charge on any atom is 0.230 e. The minimum absolute atomic E-state index is 0.0576. The summed E-state index contributed by atoms with van der Waals surface area (Å²) in [6.07, 6.45) is 3.61. The summed E-state index contributed by atoms with van der Waals surface area (Å²) in [5.41, 5.74) is 7.71. The van der Waals surface area contributed by atoms with E-state index in [0.717, 1.165) is 6.42 Å². The van der Waals surface area contributed by atoms with Gasteiger partial charge in [-0.05, 0) is 42.5 Å². The van der Waals surface area contributed by atoms with Crippen molar-refractivity contribution >= 4 is 17.5 Å². The molecule has 1 aliphatic carbocycles. The van der Waals surface area contributed by atoms with Crippen LogP contribution in [0.5, 0.6) is 0 Å². The molecule has 4 atom stereocenters. The number of carbonyl (C=O) groups excluding carboxylic acids is 2. The van der Waals surface area contributed by atoms with Gasteiger partial charge in [0.25, 0.3) is 0 Å². The molecule has 2 heterocycles. The number of nitrogens with one attached hydrogen (secondary N) is 3. The van der Waals surface area contributed by atoms with E-state index in [1.165, 1.54) is 31.0 Å². The standard InChI is InChI=1S/C18H23FN4O2/c1-23(9-16-11-3-2-4-15(11)21-22-16)18(25)13-8-17(24)20-14-6-5-10(19)7-12(13)14/h5-7,11,13,15-16,21-22H,2-4,8-9H2,1H3,(H,20,24). The summed E-state index contributed by atoms with van der Waals surface area (Å²) in [4.78, 5) is 26.6. The molecule has 1 saturated carbocycles. The number of hydrogen-bond acceptors (Lipinski definition) is 4. The number of amides is 2. The van der Waals surface area contributed by atoms with Gasteiger partial charge in [-0.3, -0.25) is 20.4 Å². The third kappa shape index (κ3) is 3.02. The van der Waals surface area contributed by atoms with Gasteiger partial charge in [-0.25, -0.2) is 4.39 Å². The van der Waals surface area contributed by atoms with Crippen LogP contribution in [-0.2, 0) is 9.59 Å². The van der Waals surface area contributed by atoms with E-state index in [0.29, 0.717) is 29.8 Å². The first-order valence-electron chi connectivity index (χ1n) is 8.88. The Morgan fingerprint density at radius 1 is 1.32 bits per heavy atom. The molecule has 4 rings (SSSR count). The Balaban J connectivity index is 1.50.